The van der Waals surface area contributed by atoms with Crippen LogP contribution in [-0.2, 0) is 16.0 Å². The molecule has 1 aliphatic heterocycles. The standard InChI is InChI=1S/C25H38N4O8/c1-13(2)19-17(24(29-28-19)37-25-22(33)21(32)20(31)18(12-30)36-25)11-15-5-7-16(8-6-15)35-10-4-9-27-14(3)23(26)34/h5-8,13-14,18,20-22,25,27,30-33H,4,9-12H2,1-3H3,(H2,26,34)(H,28,29)/t14-,18+,20+,21-,22+,25-/m0/s1. The molecule has 12 heteroatoms. The quantitative estimate of drug-likeness (QED) is 0.169. The number of rotatable bonds is 13. The molecule has 0 bridgehead atoms. The highest BCUT2D eigenvalue weighted by molar-refractivity contribution is 5.79. The molecule has 37 heavy (non-hydrogen) atoms. The highest BCUT2D eigenvalue weighted by Crippen LogP contribution is 2.31. The lowest BCUT2D eigenvalue weighted by atomic mass is 9.98. The van der Waals surface area contributed by atoms with Crippen LogP contribution in [0.15, 0.2) is 24.3 Å². The number of nitrogens with zero attached hydrogens (tertiary/aromatic N) is 1. The highest BCUT2D eigenvalue weighted by atomic mass is 16.7. The van der Waals surface area contributed by atoms with Gasteiger partial charge in [0.05, 0.1) is 19.3 Å². The topological polar surface area (TPSA) is 192 Å². The Hall–Kier alpha value is -2.74. The zero-order chi connectivity index (χ0) is 27.1. The summed E-state index contributed by atoms with van der Waals surface area (Å²) < 4.78 is 17.1. The number of hydrogen-bond acceptors (Lipinski definition) is 10. The fraction of sp³-hybridized carbons (Fsp3) is 0.600. The number of carbonyl (C=O) groups is 1. The van der Waals surface area contributed by atoms with Gasteiger partial charge in [0.2, 0.25) is 18.1 Å². The van der Waals surface area contributed by atoms with Crippen LogP contribution in [0.4, 0.5) is 0 Å². The number of nitrogens with two attached hydrogens (primary N) is 1. The first-order valence-corrected chi connectivity index (χ1v) is 12.4. The van der Waals surface area contributed by atoms with E-state index in [9.17, 15) is 25.2 Å². The average Bonchev–Trinajstić information content (AvgIpc) is 3.27. The number of aliphatic hydroxyl groups is 4. The van der Waals surface area contributed by atoms with Gasteiger partial charge in [-0.15, -0.1) is 5.10 Å². The molecule has 0 saturated carbocycles. The molecule has 6 atom stereocenters. The van der Waals surface area contributed by atoms with Crippen LogP contribution >= 0.6 is 0 Å². The minimum Gasteiger partial charge on any atom is -0.494 e. The van der Waals surface area contributed by atoms with E-state index in [4.69, 9.17) is 19.9 Å². The molecule has 1 aliphatic rings. The van der Waals surface area contributed by atoms with E-state index in [0.29, 0.717) is 31.7 Å². The average molecular weight is 523 g/mol. The lowest BCUT2D eigenvalue weighted by molar-refractivity contribution is -0.278. The van der Waals surface area contributed by atoms with Gasteiger partial charge in [-0.25, -0.2) is 0 Å². The van der Waals surface area contributed by atoms with Crippen LogP contribution in [0.1, 0.15) is 49.9 Å². The predicted molar refractivity (Wildman–Crippen MR) is 133 cm³/mol. The second-order valence-electron chi connectivity index (χ2n) is 9.49. The molecule has 0 unspecified atom stereocenters. The normalized spacial score (nSPS) is 24.7. The third-order valence-electron chi connectivity index (χ3n) is 6.29. The van der Waals surface area contributed by atoms with Crippen LogP contribution in [0, 0.1) is 0 Å². The lowest BCUT2D eigenvalue weighted by Gasteiger charge is -2.39. The maximum absolute atomic E-state index is 11.0. The minimum atomic E-state index is -1.54. The van der Waals surface area contributed by atoms with Gasteiger partial charge in [-0.3, -0.25) is 9.89 Å². The van der Waals surface area contributed by atoms with Gasteiger partial charge in [-0.1, -0.05) is 26.0 Å². The number of primary amides is 1. The Morgan fingerprint density at radius 1 is 1.16 bits per heavy atom. The first kappa shape index (κ1) is 28.8. The number of aromatic amines is 1. The summed E-state index contributed by atoms with van der Waals surface area (Å²) >= 11 is 0. The zero-order valence-corrected chi connectivity index (χ0v) is 21.3. The number of aliphatic hydroxyl groups excluding tert-OH is 4. The van der Waals surface area contributed by atoms with Crippen molar-refractivity contribution in [3.05, 3.63) is 41.1 Å². The van der Waals surface area contributed by atoms with Crippen LogP contribution in [0.5, 0.6) is 11.6 Å². The molecular weight excluding hydrogens is 484 g/mol. The zero-order valence-electron chi connectivity index (χ0n) is 21.3. The van der Waals surface area contributed by atoms with Crippen molar-refractivity contribution in [3.63, 3.8) is 0 Å². The Kier molecular flexibility index (Phi) is 10.3. The Morgan fingerprint density at radius 2 is 1.86 bits per heavy atom. The molecule has 1 fully saturated rings. The third kappa shape index (κ3) is 7.40. The highest BCUT2D eigenvalue weighted by Gasteiger charge is 2.45. The van der Waals surface area contributed by atoms with Gasteiger partial charge in [0, 0.05) is 17.7 Å². The Morgan fingerprint density at radius 3 is 2.49 bits per heavy atom. The maximum Gasteiger partial charge on any atom is 0.238 e. The molecular formula is C25H38N4O8. The van der Waals surface area contributed by atoms with E-state index in [-0.39, 0.29) is 17.8 Å². The Bertz CT molecular complexity index is 997. The van der Waals surface area contributed by atoms with Gasteiger partial charge >= 0.3 is 0 Å². The van der Waals surface area contributed by atoms with Crippen molar-refractivity contribution in [1.82, 2.24) is 15.5 Å². The van der Waals surface area contributed by atoms with E-state index < -0.39 is 43.2 Å². The van der Waals surface area contributed by atoms with Gasteiger partial charge in [0.25, 0.3) is 0 Å². The summed E-state index contributed by atoms with van der Waals surface area (Å²) in [5, 5.41) is 50.1. The SMILES string of the molecule is CC(C)c1[nH]nc(O[C@@H]2O[C@H](CO)[C@@H](O)[C@H](O)[C@H]2O)c1Cc1ccc(OCCCN[C@@H](C)C(N)=O)cc1. The molecule has 12 nitrogen and oxygen atoms in total. The number of hydrogen-bond donors (Lipinski definition) is 7. The second-order valence-corrected chi connectivity index (χ2v) is 9.49. The summed E-state index contributed by atoms with van der Waals surface area (Å²) in [6.07, 6.45) is -5.77. The number of ether oxygens (including phenoxy) is 3. The van der Waals surface area contributed by atoms with Gasteiger partial charge in [0.1, 0.15) is 30.2 Å². The van der Waals surface area contributed by atoms with Crippen LogP contribution in [0.2, 0.25) is 0 Å². The van der Waals surface area contributed by atoms with Gasteiger partial charge in [0.15, 0.2) is 0 Å². The van der Waals surface area contributed by atoms with Crippen molar-refractivity contribution < 1.29 is 39.4 Å². The molecule has 3 rings (SSSR count). The van der Waals surface area contributed by atoms with E-state index in [1.54, 1.807) is 6.92 Å². The fourth-order valence-electron chi connectivity index (χ4n) is 3.97. The Labute approximate surface area is 215 Å². The van der Waals surface area contributed by atoms with Crippen LogP contribution in [0.25, 0.3) is 0 Å². The monoisotopic (exact) mass is 522 g/mol. The first-order chi connectivity index (χ1) is 17.6. The van der Waals surface area contributed by atoms with Crippen molar-refractivity contribution in [3.8, 4) is 11.6 Å². The molecule has 1 aromatic carbocycles. The van der Waals surface area contributed by atoms with Gasteiger partial charge in [-0.05, 0) is 43.5 Å². The Balaban J connectivity index is 1.63. The summed E-state index contributed by atoms with van der Waals surface area (Å²) in [4.78, 5) is 11.0. The van der Waals surface area contributed by atoms with E-state index in [1.807, 2.05) is 38.1 Å². The van der Waals surface area contributed by atoms with Crippen molar-refractivity contribution in [2.75, 3.05) is 19.8 Å². The van der Waals surface area contributed by atoms with Crippen LogP contribution < -0.4 is 20.5 Å². The summed E-state index contributed by atoms with van der Waals surface area (Å²) in [6, 6.07) is 7.20. The number of amides is 1. The first-order valence-electron chi connectivity index (χ1n) is 12.4. The number of nitrogens with one attached hydrogen (secondary N) is 2. The van der Waals surface area contributed by atoms with Crippen molar-refractivity contribution in [2.24, 2.45) is 5.73 Å². The summed E-state index contributed by atoms with van der Waals surface area (Å²) in [6.45, 7) is 6.27. The largest absolute Gasteiger partial charge is 0.494 e. The fourth-order valence-corrected chi connectivity index (χ4v) is 3.97. The smallest absolute Gasteiger partial charge is 0.238 e. The van der Waals surface area contributed by atoms with Gasteiger partial charge in [-0.2, -0.15) is 0 Å². The van der Waals surface area contributed by atoms with E-state index in [0.717, 1.165) is 16.8 Å². The minimum absolute atomic E-state index is 0.100. The molecule has 1 amide bonds. The van der Waals surface area contributed by atoms with Gasteiger partial charge < -0.3 is 45.7 Å². The maximum atomic E-state index is 11.0. The number of H-pyrrole nitrogens is 1. The molecule has 206 valence electrons. The molecule has 8 N–H and O–H groups in total. The molecule has 2 aromatic rings. The molecule has 0 spiro atoms. The van der Waals surface area contributed by atoms with E-state index in [1.165, 1.54) is 0 Å². The van der Waals surface area contributed by atoms with E-state index >= 15 is 0 Å². The molecule has 0 radical (unpaired) electrons. The second kappa shape index (κ2) is 13.2. The number of carbonyl (C=O) groups excluding carboxylic acids is 1. The van der Waals surface area contributed by atoms with Crippen molar-refractivity contribution in [1.29, 1.82) is 0 Å². The molecule has 1 saturated heterocycles. The molecule has 1 aromatic heterocycles. The summed E-state index contributed by atoms with van der Waals surface area (Å²) in [7, 11) is 0. The lowest BCUT2D eigenvalue weighted by Crippen LogP contribution is -2.60. The van der Waals surface area contributed by atoms with Crippen molar-refractivity contribution >= 4 is 5.91 Å². The van der Waals surface area contributed by atoms with Crippen LogP contribution in [0.3, 0.4) is 0 Å². The molecule has 2 heterocycles. The predicted octanol–water partition coefficient (Wildman–Crippen LogP) is -0.465. The molecule has 0 aliphatic carbocycles. The summed E-state index contributed by atoms with van der Waals surface area (Å²) in [5.41, 5.74) is 7.79. The third-order valence-corrected chi connectivity index (χ3v) is 6.29. The van der Waals surface area contributed by atoms with E-state index in [2.05, 4.69) is 15.5 Å². The number of aromatic nitrogens is 2. The number of benzene rings is 1. The summed E-state index contributed by atoms with van der Waals surface area (Å²) in [5.74, 6) is 0.617. The van der Waals surface area contributed by atoms with Crippen molar-refractivity contribution in [2.45, 2.75) is 76.3 Å². The van der Waals surface area contributed by atoms with Crippen LogP contribution in [-0.4, -0.2) is 93.0 Å².